The summed E-state index contributed by atoms with van der Waals surface area (Å²) in [5.74, 6) is 1.60. The molecular formula is C60H37N3O3. The number of furan rings is 3. The van der Waals surface area contributed by atoms with E-state index >= 15 is 0 Å². The van der Waals surface area contributed by atoms with Crippen LogP contribution in [-0.2, 0) is 5.41 Å². The Kier molecular flexibility index (Phi) is 7.64. The van der Waals surface area contributed by atoms with Crippen LogP contribution in [0.1, 0.15) is 25.0 Å². The van der Waals surface area contributed by atoms with Crippen LogP contribution in [0.5, 0.6) is 0 Å². The zero-order chi connectivity index (χ0) is 43.7. The summed E-state index contributed by atoms with van der Waals surface area (Å²) in [6.07, 6.45) is 0. The normalized spacial score (nSPS) is 13.1. The van der Waals surface area contributed by atoms with Gasteiger partial charge in [0.2, 0.25) is 0 Å². The maximum absolute atomic E-state index is 6.59. The predicted octanol–water partition coefficient (Wildman–Crippen LogP) is 16.2. The average Bonchev–Trinajstić information content (AvgIpc) is 4.11. The van der Waals surface area contributed by atoms with Gasteiger partial charge in [-0.3, -0.25) is 0 Å². The van der Waals surface area contributed by atoms with Gasteiger partial charge in [0.15, 0.2) is 17.5 Å². The van der Waals surface area contributed by atoms with Gasteiger partial charge in [0.05, 0.1) is 0 Å². The van der Waals surface area contributed by atoms with Gasteiger partial charge in [-0.1, -0.05) is 141 Å². The number of nitrogens with zero attached hydrogens (tertiary/aromatic N) is 3. The van der Waals surface area contributed by atoms with Crippen molar-refractivity contribution in [2.24, 2.45) is 0 Å². The van der Waals surface area contributed by atoms with Crippen LogP contribution in [0.15, 0.2) is 201 Å². The standard InChI is InChI=1S/C60H37N3O3/c1-60(2)47-19-6-3-14-39(47)40-27-24-37(32-48(40)60)35-13-9-12-34(30-35)36-26-29-51-46(31-36)56-45(18-11-23-53(56)65-51)59-62-57(38-25-28-42-41-15-4-7-20-49(41)66-54(42)33-38)61-58(63-59)44-17-10-22-52-55(44)43-16-5-8-21-50(43)64-52/h3-33H,1-2H3. The average molecular weight is 848 g/mol. The second-order valence-electron chi connectivity index (χ2n) is 17.9. The van der Waals surface area contributed by atoms with Crippen molar-refractivity contribution in [2.75, 3.05) is 0 Å². The molecule has 0 amide bonds. The summed E-state index contributed by atoms with van der Waals surface area (Å²) < 4.78 is 19.3. The zero-order valence-electron chi connectivity index (χ0n) is 36.0. The number of benzene rings is 9. The molecule has 0 aliphatic heterocycles. The quantitative estimate of drug-likeness (QED) is 0.172. The van der Waals surface area contributed by atoms with Gasteiger partial charge in [0, 0.05) is 54.4 Å². The molecule has 0 N–H and O–H groups in total. The third-order valence-corrected chi connectivity index (χ3v) is 13.8. The minimum absolute atomic E-state index is 0.0756. The van der Waals surface area contributed by atoms with Crippen LogP contribution in [0, 0.1) is 0 Å². The summed E-state index contributed by atoms with van der Waals surface area (Å²) in [6.45, 7) is 4.66. The van der Waals surface area contributed by atoms with Crippen LogP contribution in [0.2, 0.25) is 0 Å². The van der Waals surface area contributed by atoms with Crippen LogP contribution >= 0.6 is 0 Å². The van der Waals surface area contributed by atoms with Crippen molar-refractivity contribution in [2.45, 2.75) is 19.3 Å². The van der Waals surface area contributed by atoms with Crippen LogP contribution in [-0.4, -0.2) is 15.0 Å². The summed E-state index contributed by atoms with van der Waals surface area (Å²) in [7, 11) is 0. The Bertz CT molecular complexity index is 4170. The molecule has 13 aromatic rings. The lowest BCUT2D eigenvalue weighted by Crippen LogP contribution is -2.14. The molecule has 310 valence electrons. The van der Waals surface area contributed by atoms with Crippen LogP contribution in [0.3, 0.4) is 0 Å². The fourth-order valence-corrected chi connectivity index (χ4v) is 10.5. The Morgan fingerprint density at radius 3 is 1.58 bits per heavy atom. The summed E-state index contributed by atoms with van der Waals surface area (Å²) in [6, 6.07) is 65.6. The predicted molar refractivity (Wildman–Crippen MR) is 266 cm³/mol. The molecule has 0 radical (unpaired) electrons. The third kappa shape index (κ3) is 5.45. The van der Waals surface area contributed by atoms with Crippen molar-refractivity contribution >= 4 is 65.8 Å². The van der Waals surface area contributed by atoms with E-state index in [1.54, 1.807) is 0 Å². The molecule has 0 unspecified atom stereocenters. The number of rotatable bonds is 5. The first-order valence-corrected chi connectivity index (χ1v) is 22.3. The monoisotopic (exact) mass is 847 g/mol. The second kappa shape index (κ2) is 13.7. The third-order valence-electron chi connectivity index (χ3n) is 13.8. The lowest BCUT2D eigenvalue weighted by Gasteiger charge is -2.22. The van der Waals surface area contributed by atoms with E-state index < -0.39 is 0 Å². The molecule has 0 saturated heterocycles. The highest BCUT2D eigenvalue weighted by Crippen LogP contribution is 2.50. The number of para-hydroxylation sites is 2. The summed E-state index contributed by atoms with van der Waals surface area (Å²) in [5, 5.41) is 5.98. The van der Waals surface area contributed by atoms with Crippen molar-refractivity contribution in [1.29, 1.82) is 0 Å². The molecule has 4 heterocycles. The molecule has 66 heavy (non-hydrogen) atoms. The molecule has 1 aliphatic rings. The molecule has 0 spiro atoms. The molecule has 9 aromatic carbocycles. The highest BCUT2D eigenvalue weighted by molar-refractivity contribution is 6.14. The van der Waals surface area contributed by atoms with E-state index in [2.05, 4.69) is 135 Å². The van der Waals surface area contributed by atoms with Crippen LogP contribution in [0.4, 0.5) is 0 Å². The fourth-order valence-electron chi connectivity index (χ4n) is 10.5. The van der Waals surface area contributed by atoms with Crippen molar-refractivity contribution in [3.8, 4) is 67.5 Å². The van der Waals surface area contributed by atoms with Gasteiger partial charge in [-0.25, -0.2) is 15.0 Å². The van der Waals surface area contributed by atoms with Gasteiger partial charge in [-0.2, -0.15) is 0 Å². The zero-order valence-corrected chi connectivity index (χ0v) is 36.0. The van der Waals surface area contributed by atoms with Gasteiger partial charge < -0.3 is 13.3 Å². The number of aromatic nitrogens is 3. The van der Waals surface area contributed by atoms with Gasteiger partial charge in [-0.05, 0) is 105 Å². The first kappa shape index (κ1) is 36.8. The minimum atomic E-state index is -0.0756. The van der Waals surface area contributed by atoms with E-state index in [0.717, 1.165) is 93.6 Å². The van der Waals surface area contributed by atoms with Gasteiger partial charge >= 0.3 is 0 Å². The van der Waals surface area contributed by atoms with Gasteiger partial charge in [-0.15, -0.1) is 0 Å². The molecular weight excluding hydrogens is 811 g/mol. The number of fused-ring (bicyclic) bond motifs is 12. The number of hydrogen-bond donors (Lipinski definition) is 0. The summed E-state index contributed by atoms with van der Waals surface area (Å²) in [4.78, 5) is 15.8. The Morgan fingerprint density at radius 1 is 0.303 bits per heavy atom. The molecule has 0 saturated carbocycles. The minimum Gasteiger partial charge on any atom is -0.456 e. The van der Waals surface area contributed by atoms with Crippen molar-refractivity contribution in [3.63, 3.8) is 0 Å². The number of hydrogen-bond acceptors (Lipinski definition) is 6. The van der Waals surface area contributed by atoms with Gasteiger partial charge in [0.1, 0.15) is 33.5 Å². The van der Waals surface area contributed by atoms with Crippen LogP contribution in [0.25, 0.3) is 133 Å². The Hall–Kier alpha value is -8.61. The summed E-state index contributed by atoms with van der Waals surface area (Å²) in [5.41, 5.74) is 17.1. The van der Waals surface area contributed by atoms with Crippen LogP contribution < -0.4 is 0 Å². The van der Waals surface area contributed by atoms with E-state index in [1.165, 1.54) is 33.4 Å². The molecule has 0 bridgehead atoms. The molecule has 6 nitrogen and oxygen atoms in total. The highest BCUT2D eigenvalue weighted by Gasteiger charge is 2.35. The SMILES string of the molecule is CC1(C)c2ccccc2-c2ccc(-c3cccc(-c4ccc5oc6cccc(-c7nc(-c8ccc9c(c8)oc8ccccc89)nc(-c8cccc9oc%10ccccc%10c89)n7)c6c5c4)c3)cc21. The van der Waals surface area contributed by atoms with Crippen molar-refractivity contribution < 1.29 is 13.3 Å². The first-order chi connectivity index (χ1) is 32.4. The van der Waals surface area contributed by atoms with E-state index in [1.807, 2.05) is 66.7 Å². The van der Waals surface area contributed by atoms with E-state index in [-0.39, 0.29) is 5.41 Å². The highest BCUT2D eigenvalue weighted by atomic mass is 16.3. The fraction of sp³-hybridized carbons (Fsp3) is 0.0500. The van der Waals surface area contributed by atoms with E-state index in [0.29, 0.717) is 17.5 Å². The van der Waals surface area contributed by atoms with E-state index in [4.69, 9.17) is 28.2 Å². The Morgan fingerprint density at radius 2 is 0.803 bits per heavy atom. The smallest absolute Gasteiger partial charge is 0.164 e. The molecule has 0 fully saturated rings. The van der Waals surface area contributed by atoms with Crippen molar-refractivity contribution in [1.82, 2.24) is 15.0 Å². The van der Waals surface area contributed by atoms with Crippen molar-refractivity contribution in [3.05, 3.63) is 199 Å². The Labute approximate surface area is 378 Å². The lowest BCUT2D eigenvalue weighted by atomic mass is 9.81. The summed E-state index contributed by atoms with van der Waals surface area (Å²) >= 11 is 0. The topological polar surface area (TPSA) is 78.1 Å². The first-order valence-electron chi connectivity index (χ1n) is 22.3. The molecule has 0 atom stereocenters. The molecule has 14 rings (SSSR count). The lowest BCUT2D eigenvalue weighted by molar-refractivity contribution is 0.660. The largest absolute Gasteiger partial charge is 0.456 e. The molecule has 4 aromatic heterocycles. The maximum Gasteiger partial charge on any atom is 0.164 e. The maximum atomic E-state index is 6.59. The van der Waals surface area contributed by atoms with Gasteiger partial charge in [0.25, 0.3) is 0 Å². The van der Waals surface area contributed by atoms with E-state index in [9.17, 15) is 0 Å². The molecule has 1 aliphatic carbocycles. The second-order valence-corrected chi connectivity index (χ2v) is 17.9. The molecule has 6 heteroatoms. The Balaban J connectivity index is 0.931.